The fraction of sp³-hybridized carbons (Fsp3) is 0.296. The maximum atomic E-state index is 6.10. The molecule has 0 fully saturated rings. The van der Waals surface area contributed by atoms with Gasteiger partial charge in [0.25, 0.3) is 0 Å². The molecule has 0 aliphatic carbocycles. The van der Waals surface area contributed by atoms with Crippen LogP contribution in [-0.4, -0.2) is 18.1 Å². The zero-order chi connectivity index (χ0) is 21.5. The number of nitrogens with zero attached hydrogens (tertiary/aromatic N) is 2. The fourth-order valence-corrected chi connectivity index (χ4v) is 4.18. The molecule has 4 aromatic rings. The van der Waals surface area contributed by atoms with Crippen LogP contribution in [0.1, 0.15) is 40.2 Å². The van der Waals surface area contributed by atoms with Gasteiger partial charge in [0.2, 0.25) is 0 Å². The topological polar surface area (TPSA) is 42.1 Å². The zero-order valence-corrected chi connectivity index (χ0v) is 18.7. The smallest absolute Gasteiger partial charge is 0.0736 e. The van der Waals surface area contributed by atoms with Gasteiger partial charge in [-0.2, -0.15) is 0 Å². The highest BCUT2D eigenvalue weighted by Crippen LogP contribution is 2.37. The Morgan fingerprint density at radius 1 is 0.800 bits per heavy atom. The highest BCUT2D eigenvalue weighted by Gasteiger charge is 2.16. The number of hydrogen-bond acceptors (Lipinski definition) is 3. The van der Waals surface area contributed by atoms with Crippen molar-refractivity contribution in [2.24, 2.45) is 0 Å². The van der Waals surface area contributed by atoms with Gasteiger partial charge in [-0.25, -0.2) is 4.98 Å². The summed E-state index contributed by atoms with van der Waals surface area (Å²) in [5, 5.41) is 2.31. The summed E-state index contributed by atoms with van der Waals surface area (Å²) in [4.78, 5) is 7.34. The quantitative estimate of drug-likeness (QED) is 0.305. The van der Waals surface area contributed by atoms with E-state index in [1.165, 1.54) is 27.8 Å². The van der Waals surface area contributed by atoms with Crippen molar-refractivity contribution in [1.29, 1.82) is 0 Å². The second-order valence-electron chi connectivity index (χ2n) is 8.96. The van der Waals surface area contributed by atoms with Gasteiger partial charge in [-0.1, -0.05) is 57.2 Å². The normalized spacial score (nSPS) is 11.9. The van der Waals surface area contributed by atoms with Crippen molar-refractivity contribution in [3.05, 3.63) is 66.2 Å². The summed E-state index contributed by atoms with van der Waals surface area (Å²) < 4.78 is 0. The van der Waals surface area contributed by atoms with Crippen molar-refractivity contribution in [2.45, 2.75) is 40.0 Å². The van der Waals surface area contributed by atoms with E-state index in [0.717, 1.165) is 35.2 Å². The van der Waals surface area contributed by atoms with Crippen molar-refractivity contribution >= 4 is 33.2 Å². The Kier molecular flexibility index (Phi) is 5.15. The molecule has 30 heavy (non-hydrogen) atoms. The highest BCUT2D eigenvalue weighted by atomic mass is 15.1. The average molecular weight is 398 g/mol. The minimum Gasteiger partial charge on any atom is -0.399 e. The maximum Gasteiger partial charge on any atom is 0.0736 e. The monoisotopic (exact) mass is 397 g/mol. The molecular weight excluding hydrogens is 366 g/mol. The van der Waals surface area contributed by atoms with Gasteiger partial charge in [0, 0.05) is 40.8 Å². The van der Waals surface area contributed by atoms with Crippen LogP contribution in [0.4, 0.5) is 11.4 Å². The predicted octanol–water partition coefficient (Wildman–Crippen LogP) is 6.78. The zero-order valence-electron chi connectivity index (χ0n) is 18.7. The molecule has 1 heterocycles. The molecule has 0 atom stereocenters. The van der Waals surface area contributed by atoms with E-state index in [2.05, 4.69) is 88.0 Å². The third-order valence-electron chi connectivity index (χ3n) is 5.95. The first kappa shape index (κ1) is 20.2. The number of fused-ring (bicyclic) bond motifs is 2. The summed E-state index contributed by atoms with van der Waals surface area (Å²) >= 11 is 0. The van der Waals surface area contributed by atoms with Gasteiger partial charge >= 0.3 is 0 Å². The van der Waals surface area contributed by atoms with Gasteiger partial charge in [0.05, 0.1) is 11.0 Å². The van der Waals surface area contributed by atoms with Gasteiger partial charge in [-0.15, -0.1) is 0 Å². The van der Waals surface area contributed by atoms with E-state index in [9.17, 15) is 0 Å². The number of aromatic nitrogens is 1. The molecule has 154 valence electrons. The lowest BCUT2D eigenvalue weighted by atomic mass is 9.85. The Morgan fingerprint density at radius 2 is 1.40 bits per heavy atom. The van der Waals surface area contributed by atoms with Crippen LogP contribution in [0.25, 0.3) is 32.9 Å². The van der Waals surface area contributed by atoms with Gasteiger partial charge in [0.15, 0.2) is 0 Å². The molecule has 0 bridgehead atoms. The van der Waals surface area contributed by atoms with Crippen LogP contribution in [0.2, 0.25) is 0 Å². The summed E-state index contributed by atoms with van der Waals surface area (Å²) in [5.41, 5.74) is 13.9. The number of rotatable bonds is 4. The number of benzene rings is 3. The second kappa shape index (κ2) is 7.64. The van der Waals surface area contributed by atoms with Crippen LogP contribution in [-0.2, 0) is 5.41 Å². The number of nitrogens with two attached hydrogens (primary N) is 1. The van der Waals surface area contributed by atoms with Crippen molar-refractivity contribution in [2.75, 3.05) is 23.7 Å². The van der Waals surface area contributed by atoms with E-state index in [4.69, 9.17) is 10.7 Å². The number of pyridine rings is 1. The molecule has 4 rings (SSSR count). The first-order valence-corrected chi connectivity index (χ1v) is 10.8. The van der Waals surface area contributed by atoms with Crippen LogP contribution in [0.15, 0.2) is 60.7 Å². The lowest BCUT2D eigenvalue weighted by Gasteiger charge is -2.22. The molecule has 2 N–H and O–H groups in total. The van der Waals surface area contributed by atoms with Crippen molar-refractivity contribution in [3.8, 4) is 11.1 Å². The van der Waals surface area contributed by atoms with Gasteiger partial charge < -0.3 is 10.6 Å². The van der Waals surface area contributed by atoms with Crippen LogP contribution in [0, 0.1) is 0 Å². The molecule has 0 aliphatic heterocycles. The molecule has 3 aromatic carbocycles. The summed E-state index contributed by atoms with van der Waals surface area (Å²) in [6, 6.07) is 21.7. The molecule has 0 saturated carbocycles. The van der Waals surface area contributed by atoms with Crippen molar-refractivity contribution < 1.29 is 0 Å². The van der Waals surface area contributed by atoms with E-state index in [1.807, 2.05) is 12.1 Å². The molecule has 1 aromatic heterocycles. The summed E-state index contributed by atoms with van der Waals surface area (Å²) in [5.74, 6) is 0. The van der Waals surface area contributed by atoms with Gasteiger partial charge in [-0.05, 0) is 54.7 Å². The molecule has 0 radical (unpaired) electrons. The molecule has 0 aliphatic rings. The minimum atomic E-state index is 0.133. The summed E-state index contributed by atoms with van der Waals surface area (Å²) in [6.45, 7) is 13.1. The van der Waals surface area contributed by atoms with E-state index in [0.29, 0.717) is 0 Å². The van der Waals surface area contributed by atoms with Crippen LogP contribution in [0.5, 0.6) is 0 Å². The van der Waals surface area contributed by atoms with Crippen LogP contribution >= 0.6 is 0 Å². The highest BCUT2D eigenvalue weighted by molar-refractivity contribution is 6.10. The third-order valence-corrected chi connectivity index (χ3v) is 5.95. The summed E-state index contributed by atoms with van der Waals surface area (Å²) in [7, 11) is 0. The molecule has 0 unspecified atom stereocenters. The molecule has 0 spiro atoms. The second-order valence-corrected chi connectivity index (χ2v) is 8.96. The van der Waals surface area contributed by atoms with E-state index < -0.39 is 0 Å². The standard InChI is InChI=1S/C27H31N3/c1-6-30(7-2)21-13-15-23-25(17-21)29-24-16-20(28)12-14-22(24)26(23)18-8-10-19(11-9-18)27(3,4)5/h8-17H,6-7,28H2,1-5H3. The molecular formula is C27H31N3. The molecule has 3 nitrogen and oxygen atoms in total. The number of anilines is 2. The number of nitrogen functional groups attached to an aromatic ring is 1. The Morgan fingerprint density at radius 3 is 2.00 bits per heavy atom. The molecule has 0 amide bonds. The maximum absolute atomic E-state index is 6.10. The SMILES string of the molecule is CCN(CC)c1ccc2c(-c3ccc(C(C)(C)C)cc3)c3ccc(N)cc3nc2c1. The largest absolute Gasteiger partial charge is 0.399 e. The van der Waals surface area contributed by atoms with E-state index in [-0.39, 0.29) is 5.41 Å². The Labute approximate surface area is 179 Å². The molecule has 3 heteroatoms. The van der Waals surface area contributed by atoms with Gasteiger partial charge in [-0.3, -0.25) is 0 Å². The fourth-order valence-electron chi connectivity index (χ4n) is 4.18. The Hall–Kier alpha value is -3.07. The third kappa shape index (κ3) is 3.60. The Bertz CT molecular complexity index is 1200. The lowest BCUT2D eigenvalue weighted by Crippen LogP contribution is -2.21. The molecule has 0 saturated heterocycles. The first-order valence-electron chi connectivity index (χ1n) is 10.8. The van der Waals surface area contributed by atoms with Crippen molar-refractivity contribution in [3.63, 3.8) is 0 Å². The average Bonchev–Trinajstić information content (AvgIpc) is 2.72. The summed E-state index contributed by atoms with van der Waals surface area (Å²) in [6.07, 6.45) is 0. The van der Waals surface area contributed by atoms with Crippen molar-refractivity contribution in [1.82, 2.24) is 4.98 Å². The van der Waals surface area contributed by atoms with E-state index >= 15 is 0 Å². The minimum absolute atomic E-state index is 0.133. The Balaban J connectivity index is 2.00. The first-order chi connectivity index (χ1) is 14.3. The number of hydrogen-bond donors (Lipinski definition) is 1. The van der Waals surface area contributed by atoms with Gasteiger partial charge in [0.1, 0.15) is 0 Å². The lowest BCUT2D eigenvalue weighted by molar-refractivity contribution is 0.590. The van der Waals surface area contributed by atoms with Crippen LogP contribution in [0.3, 0.4) is 0 Å². The predicted molar refractivity (Wildman–Crippen MR) is 131 cm³/mol. The van der Waals surface area contributed by atoms with Crippen LogP contribution < -0.4 is 10.6 Å². The van der Waals surface area contributed by atoms with E-state index in [1.54, 1.807) is 0 Å².